The number of aryl methyl sites for hydroxylation is 1. The molecule has 0 fully saturated rings. The zero-order valence-electron chi connectivity index (χ0n) is 14.6. The smallest absolute Gasteiger partial charge is 0.220 e. The van der Waals surface area contributed by atoms with Crippen LogP contribution in [0, 0.1) is 6.92 Å². The van der Waals surface area contributed by atoms with Crippen LogP contribution in [0.25, 0.3) is 0 Å². The third-order valence-electron chi connectivity index (χ3n) is 3.78. The first-order valence-corrected chi connectivity index (χ1v) is 8.22. The van der Waals surface area contributed by atoms with Gasteiger partial charge in [0.25, 0.3) is 0 Å². The van der Waals surface area contributed by atoms with Gasteiger partial charge in [0.2, 0.25) is 5.91 Å². The summed E-state index contributed by atoms with van der Waals surface area (Å²) in [7, 11) is 1.61. The summed E-state index contributed by atoms with van der Waals surface area (Å²) in [4.78, 5) is 23.9. The van der Waals surface area contributed by atoms with Crippen LogP contribution in [0.5, 0.6) is 11.5 Å². The fourth-order valence-electron chi connectivity index (χ4n) is 2.37. The Morgan fingerprint density at radius 1 is 0.960 bits per heavy atom. The van der Waals surface area contributed by atoms with E-state index >= 15 is 0 Å². The molecule has 0 aliphatic carbocycles. The Kier molecular flexibility index (Phi) is 7.01. The number of hydrogen-bond acceptors (Lipinski definition) is 4. The van der Waals surface area contributed by atoms with Crippen LogP contribution >= 0.6 is 0 Å². The number of ketones is 1. The molecular weight excluding hydrogens is 318 g/mol. The van der Waals surface area contributed by atoms with Crippen LogP contribution in [0.1, 0.15) is 28.8 Å². The molecule has 132 valence electrons. The number of Topliss-reactive ketones (excluding diaryl/α,β-unsaturated/α-hetero) is 1. The van der Waals surface area contributed by atoms with Gasteiger partial charge in [-0.25, -0.2) is 0 Å². The summed E-state index contributed by atoms with van der Waals surface area (Å²) in [6, 6.07) is 14.6. The Labute approximate surface area is 148 Å². The first-order chi connectivity index (χ1) is 12.1. The highest BCUT2D eigenvalue weighted by Crippen LogP contribution is 2.16. The fourth-order valence-corrected chi connectivity index (χ4v) is 2.37. The number of hydrogen-bond donors (Lipinski definition) is 1. The zero-order chi connectivity index (χ0) is 18.1. The number of methoxy groups -OCH3 is 1. The van der Waals surface area contributed by atoms with Crippen molar-refractivity contribution in [2.24, 2.45) is 0 Å². The van der Waals surface area contributed by atoms with Crippen LogP contribution in [0.3, 0.4) is 0 Å². The lowest BCUT2D eigenvalue weighted by molar-refractivity contribution is -0.121. The lowest BCUT2D eigenvalue weighted by atomic mass is 10.0. The molecule has 0 aliphatic rings. The van der Waals surface area contributed by atoms with E-state index < -0.39 is 0 Å². The molecule has 0 heterocycles. The zero-order valence-corrected chi connectivity index (χ0v) is 14.6. The van der Waals surface area contributed by atoms with Gasteiger partial charge in [-0.2, -0.15) is 0 Å². The molecule has 1 amide bonds. The van der Waals surface area contributed by atoms with Gasteiger partial charge >= 0.3 is 0 Å². The minimum atomic E-state index is -0.153. The Bertz CT molecular complexity index is 710. The molecule has 5 nitrogen and oxygen atoms in total. The Morgan fingerprint density at radius 3 is 2.32 bits per heavy atom. The average molecular weight is 341 g/mol. The molecule has 2 aromatic rings. The molecule has 0 unspecified atom stereocenters. The number of nitrogens with one attached hydrogen (secondary N) is 1. The number of ether oxygens (including phenoxy) is 2. The second-order valence-electron chi connectivity index (χ2n) is 5.61. The van der Waals surface area contributed by atoms with E-state index in [-0.39, 0.29) is 24.5 Å². The van der Waals surface area contributed by atoms with Crippen LogP contribution in [0.2, 0.25) is 0 Å². The second-order valence-corrected chi connectivity index (χ2v) is 5.61. The maximum atomic E-state index is 12.1. The third-order valence-corrected chi connectivity index (χ3v) is 3.78. The Hall–Kier alpha value is -2.82. The van der Waals surface area contributed by atoms with Crippen LogP contribution in [0.15, 0.2) is 48.5 Å². The lowest BCUT2D eigenvalue weighted by Crippen LogP contribution is -2.28. The van der Waals surface area contributed by atoms with Gasteiger partial charge in [0.15, 0.2) is 5.78 Å². The van der Waals surface area contributed by atoms with E-state index in [4.69, 9.17) is 9.47 Å². The van der Waals surface area contributed by atoms with E-state index in [9.17, 15) is 9.59 Å². The molecule has 2 aromatic carbocycles. The molecule has 1 N–H and O–H groups in total. The normalized spacial score (nSPS) is 10.2. The SMILES string of the molecule is COc1ccc(OCCNC(=O)CCC(=O)c2ccccc2C)cc1. The van der Waals surface area contributed by atoms with Crippen LogP contribution in [0.4, 0.5) is 0 Å². The highest BCUT2D eigenvalue weighted by molar-refractivity contribution is 5.99. The van der Waals surface area contributed by atoms with Gasteiger partial charge in [-0.1, -0.05) is 24.3 Å². The van der Waals surface area contributed by atoms with Gasteiger partial charge in [-0.05, 0) is 36.8 Å². The predicted molar refractivity (Wildman–Crippen MR) is 96.2 cm³/mol. The number of amides is 1. The second kappa shape index (κ2) is 9.47. The van der Waals surface area contributed by atoms with Crippen molar-refractivity contribution in [1.82, 2.24) is 5.32 Å². The summed E-state index contributed by atoms with van der Waals surface area (Å²) < 4.78 is 10.6. The molecule has 0 bridgehead atoms. The number of carbonyl (C=O) groups excluding carboxylic acids is 2. The standard InChI is InChI=1S/C20H23NO4/c1-15-5-3-4-6-18(15)19(22)11-12-20(23)21-13-14-25-17-9-7-16(24-2)8-10-17/h3-10H,11-14H2,1-2H3,(H,21,23). The van der Waals surface area contributed by atoms with Crippen molar-refractivity contribution in [2.75, 3.05) is 20.3 Å². The summed E-state index contributed by atoms with van der Waals surface area (Å²) in [5.41, 5.74) is 1.61. The van der Waals surface area contributed by atoms with Crippen molar-refractivity contribution in [3.8, 4) is 11.5 Å². The largest absolute Gasteiger partial charge is 0.497 e. The first kappa shape index (κ1) is 18.5. The van der Waals surface area contributed by atoms with Crippen molar-refractivity contribution in [1.29, 1.82) is 0 Å². The van der Waals surface area contributed by atoms with Crippen LogP contribution in [-0.2, 0) is 4.79 Å². The molecule has 0 saturated carbocycles. The molecule has 0 spiro atoms. The molecule has 0 saturated heterocycles. The molecule has 0 atom stereocenters. The molecule has 0 radical (unpaired) electrons. The Balaban J connectivity index is 1.65. The van der Waals surface area contributed by atoms with Crippen molar-refractivity contribution in [3.63, 3.8) is 0 Å². The molecule has 2 rings (SSSR count). The molecule has 25 heavy (non-hydrogen) atoms. The maximum Gasteiger partial charge on any atom is 0.220 e. The summed E-state index contributed by atoms with van der Waals surface area (Å²) in [5.74, 6) is 1.31. The van der Waals surface area contributed by atoms with Gasteiger partial charge in [-0.15, -0.1) is 0 Å². The van der Waals surface area contributed by atoms with Crippen LogP contribution in [-0.4, -0.2) is 32.0 Å². The van der Waals surface area contributed by atoms with Gasteiger partial charge in [0.05, 0.1) is 13.7 Å². The minimum absolute atomic E-state index is 0.0114. The van der Waals surface area contributed by atoms with Crippen molar-refractivity contribution in [2.45, 2.75) is 19.8 Å². The van der Waals surface area contributed by atoms with E-state index in [2.05, 4.69) is 5.32 Å². The van der Waals surface area contributed by atoms with Gasteiger partial charge in [0, 0.05) is 18.4 Å². The number of carbonyl (C=O) groups is 2. The summed E-state index contributed by atoms with van der Waals surface area (Å²) >= 11 is 0. The number of benzene rings is 2. The Morgan fingerprint density at radius 2 is 1.64 bits per heavy atom. The fraction of sp³-hybridized carbons (Fsp3) is 0.300. The summed E-state index contributed by atoms with van der Waals surface area (Å²) in [6.45, 7) is 2.65. The molecule has 5 heteroatoms. The third kappa shape index (κ3) is 5.95. The van der Waals surface area contributed by atoms with E-state index in [1.165, 1.54) is 0 Å². The van der Waals surface area contributed by atoms with Gasteiger partial charge < -0.3 is 14.8 Å². The predicted octanol–water partition coefficient (Wildman–Crippen LogP) is 3.16. The molecule has 0 aromatic heterocycles. The minimum Gasteiger partial charge on any atom is -0.497 e. The van der Waals surface area contributed by atoms with Crippen molar-refractivity contribution in [3.05, 3.63) is 59.7 Å². The lowest BCUT2D eigenvalue weighted by Gasteiger charge is -2.08. The summed E-state index contributed by atoms with van der Waals surface area (Å²) in [5, 5.41) is 2.76. The van der Waals surface area contributed by atoms with Gasteiger partial charge in [-0.3, -0.25) is 9.59 Å². The van der Waals surface area contributed by atoms with E-state index in [1.807, 2.05) is 49.4 Å². The first-order valence-electron chi connectivity index (χ1n) is 8.22. The van der Waals surface area contributed by atoms with E-state index in [1.54, 1.807) is 13.2 Å². The summed E-state index contributed by atoms with van der Waals surface area (Å²) in [6.07, 6.45) is 0.381. The van der Waals surface area contributed by atoms with Crippen LogP contribution < -0.4 is 14.8 Å². The average Bonchev–Trinajstić information content (AvgIpc) is 2.64. The molecule has 0 aliphatic heterocycles. The highest BCUT2D eigenvalue weighted by Gasteiger charge is 2.10. The van der Waals surface area contributed by atoms with Crippen molar-refractivity contribution < 1.29 is 19.1 Å². The maximum absolute atomic E-state index is 12.1. The highest BCUT2D eigenvalue weighted by atomic mass is 16.5. The van der Waals surface area contributed by atoms with E-state index in [0.717, 1.165) is 11.3 Å². The monoisotopic (exact) mass is 341 g/mol. The van der Waals surface area contributed by atoms with E-state index in [0.29, 0.717) is 24.5 Å². The van der Waals surface area contributed by atoms with Gasteiger partial charge in [0.1, 0.15) is 18.1 Å². The molecular formula is C20H23NO4. The number of rotatable bonds is 9. The van der Waals surface area contributed by atoms with Crippen molar-refractivity contribution >= 4 is 11.7 Å². The quantitative estimate of drug-likeness (QED) is 0.562. The topological polar surface area (TPSA) is 64.6 Å².